The third kappa shape index (κ3) is 4.58. The Bertz CT molecular complexity index is 452. The number of ether oxygens (including phenoxy) is 1. The standard InChI is InChI=1S/C17H27FN2O.ClH/c1-4-5-13(2)17(20-10-8-19-9-11-20)15-7-6-14(21-3)12-16(15)18;/h6-7,12-13,17,19H,4-5,8-11H2,1-3H3;1H/t13?,17-;/m1./s1. The molecule has 0 aromatic heterocycles. The van der Waals surface area contributed by atoms with Crippen LogP contribution in [-0.4, -0.2) is 38.2 Å². The normalized spacial score (nSPS) is 18.4. The highest BCUT2D eigenvalue weighted by molar-refractivity contribution is 5.85. The molecule has 3 nitrogen and oxygen atoms in total. The fourth-order valence-corrected chi connectivity index (χ4v) is 3.31. The van der Waals surface area contributed by atoms with E-state index in [0.29, 0.717) is 11.7 Å². The molecule has 22 heavy (non-hydrogen) atoms. The number of methoxy groups -OCH3 is 1. The predicted octanol–water partition coefficient (Wildman–Crippen LogP) is 3.64. The smallest absolute Gasteiger partial charge is 0.131 e. The monoisotopic (exact) mass is 330 g/mol. The first-order valence-corrected chi connectivity index (χ1v) is 7.95. The van der Waals surface area contributed by atoms with E-state index in [0.717, 1.165) is 44.6 Å². The SMILES string of the molecule is CCCC(C)[C@H](c1ccc(OC)cc1F)N1CCNCC1.Cl. The quantitative estimate of drug-likeness (QED) is 0.862. The summed E-state index contributed by atoms with van der Waals surface area (Å²) in [6, 6.07) is 5.42. The summed E-state index contributed by atoms with van der Waals surface area (Å²) >= 11 is 0. The summed E-state index contributed by atoms with van der Waals surface area (Å²) in [5, 5.41) is 3.37. The van der Waals surface area contributed by atoms with Crippen molar-refractivity contribution in [2.24, 2.45) is 5.92 Å². The largest absolute Gasteiger partial charge is 0.497 e. The Morgan fingerprint density at radius 1 is 1.32 bits per heavy atom. The minimum absolute atomic E-state index is 0. The van der Waals surface area contributed by atoms with Gasteiger partial charge in [0.25, 0.3) is 0 Å². The molecule has 0 amide bonds. The number of benzene rings is 1. The van der Waals surface area contributed by atoms with Crippen LogP contribution < -0.4 is 10.1 Å². The van der Waals surface area contributed by atoms with Crippen LogP contribution in [-0.2, 0) is 0 Å². The number of piperazine rings is 1. The number of nitrogens with zero attached hydrogens (tertiary/aromatic N) is 1. The molecule has 126 valence electrons. The molecular formula is C17H28ClFN2O. The van der Waals surface area contributed by atoms with Gasteiger partial charge in [-0.25, -0.2) is 4.39 Å². The number of hydrogen-bond donors (Lipinski definition) is 1. The fraction of sp³-hybridized carbons (Fsp3) is 0.647. The minimum Gasteiger partial charge on any atom is -0.497 e. The Kier molecular flexibility index (Phi) is 8.15. The minimum atomic E-state index is -0.152. The van der Waals surface area contributed by atoms with Gasteiger partial charge in [-0.3, -0.25) is 4.90 Å². The summed E-state index contributed by atoms with van der Waals surface area (Å²) < 4.78 is 19.6. The molecule has 0 radical (unpaired) electrons. The van der Waals surface area contributed by atoms with Gasteiger partial charge in [0.05, 0.1) is 7.11 Å². The zero-order chi connectivity index (χ0) is 15.2. The maximum atomic E-state index is 14.5. The van der Waals surface area contributed by atoms with E-state index < -0.39 is 0 Å². The Morgan fingerprint density at radius 2 is 2.00 bits per heavy atom. The molecule has 1 unspecified atom stereocenters. The van der Waals surface area contributed by atoms with Gasteiger partial charge in [0, 0.05) is 43.9 Å². The lowest BCUT2D eigenvalue weighted by Gasteiger charge is -2.38. The average molecular weight is 331 g/mol. The van der Waals surface area contributed by atoms with Gasteiger partial charge in [-0.05, 0) is 18.4 Å². The Labute approximate surface area is 139 Å². The summed E-state index contributed by atoms with van der Waals surface area (Å²) in [7, 11) is 1.57. The van der Waals surface area contributed by atoms with Crippen LogP contribution in [0.1, 0.15) is 38.3 Å². The molecule has 1 N–H and O–H groups in total. The summed E-state index contributed by atoms with van der Waals surface area (Å²) in [5.41, 5.74) is 0.804. The van der Waals surface area contributed by atoms with Crippen molar-refractivity contribution in [2.75, 3.05) is 33.3 Å². The molecule has 0 aliphatic carbocycles. The highest BCUT2D eigenvalue weighted by Gasteiger charge is 2.29. The van der Waals surface area contributed by atoms with Crippen LogP contribution >= 0.6 is 12.4 Å². The molecule has 1 aliphatic heterocycles. The van der Waals surface area contributed by atoms with Crippen LogP contribution in [0.4, 0.5) is 4.39 Å². The van der Waals surface area contributed by atoms with Gasteiger partial charge in [-0.1, -0.05) is 26.3 Å². The maximum absolute atomic E-state index is 14.5. The zero-order valence-corrected chi connectivity index (χ0v) is 14.6. The number of rotatable bonds is 6. The maximum Gasteiger partial charge on any atom is 0.131 e. The molecule has 1 fully saturated rings. The molecule has 1 aliphatic rings. The van der Waals surface area contributed by atoms with Gasteiger partial charge in [-0.2, -0.15) is 0 Å². The van der Waals surface area contributed by atoms with Crippen molar-refractivity contribution in [3.63, 3.8) is 0 Å². The second-order valence-electron chi connectivity index (χ2n) is 5.88. The first-order valence-electron chi connectivity index (χ1n) is 7.95. The molecule has 0 saturated carbocycles. The lowest BCUT2D eigenvalue weighted by molar-refractivity contribution is 0.123. The summed E-state index contributed by atoms with van der Waals surface area (Å²) in [6.45, 7) is 8.34. The van der Waals surface area contributed by atoms with Crippen LogP contribution in [0.3, 0.4) is 0 Å². The van der Waals surface area contributed by atoms with Gasteiger partial charge < -0.3 is 10.1 Å². The number of halogens is 2. The lowest BCUT2D eigenvalue weighted by atomic mass is 9.89. The molecule has 0 spiro atoms. The van der Waals surface area contributed by atoms with Gasteiger partial charge in [0.1, 0.15) is 11.6 Å². The second-order valence-corrected chi connectivity index (χ2v) is 5.88. The summed E-state index contributed by atoms with van der Waals surface area (Å²) in [5.74, 6) is 0.871. The molecule has 1 aromatic carbocycles. The van der Waals surface area contributed by atoms with Crippen LogP contribution in [0.25, 0.3) is 0 Å². The third-order valence-corrected chi connectivity index (χ3v) is 4.35. The van der Waals surface area contributed by atoms with Crippen LogP contribution in [0.15, 0.2) is 18.2 Å². The molecule has 1 saturated heterocycles. The third-order valence-electron chi connectivity index (χ3n) is 4.35. The van der Waals surface area contributed by atoms with E-state index in [1.165, 1.54) is 6.07 Å². The van der Waals surface area contributed by atoms with E-state index in [1.54, 1.807) is 7.11 Å². The first-order chi connectivity index (χ1) is 10.2. The van der Waals surface area contributed by atoms with Crippen molar-refractivity contribution in [2.45, 2.75) is 32.7 Å². The van der Waals surface area contributed by atoms with E-state index in [1.807, 2.05) is 12.1 Å². The van der Waals surface area contributed by atoms with Crippen LogP contribution in [0, 0.1) is 11.7 Å². The van der Waals surface area contributed by atoms with Crippen LogP contribution in [0.2, 0.25) is 0 Å². The highest BCUT2D eigenvalue weighted by Crippen LogP contribution is 2.34. The fourth-order valence-electron chi connectivity index (χ4n) is 3.31. The van der Waals surface area contributed by atoms with Crippen molar-refractivity contribution in [3.8, 4) is 5.75 Å². The van der Waals surface area contributed by atoms with Crippen molar-refractivity contribution in [1.82, 2.24) is 10.2 Å². The van der Waals surface area contributed by atoms with E-state index in [9.17, 15) is 4.39 Å². The van der Waals surface area contributed by atoms with Crippen LogP contribution in [0.5, 0.6) is 5.75 Å². The van der Waals surface area contributed by atoms with Gasteiger partial charge >= 0.3 is 0 Å². The summed E-state index contributed by atoms with van der Waals surface area (Å²) in [6.07, 6.45) is 2.24. The van der Waals surface area contributed by atoms with Crippen molar-refractivity contribution in [3.05, 3.63) is 29.6 Å². The van der Waals surface area contributed by atoms with E-state index in [4.69, 9.17) is 4.74 Å². The highest BCUT2D eigenvalue weighted by atomic mass is 35.5. The van der Waals surface area contributed by atoms with Gasteiger partial charge in [0.15, 0.2) is 0 Å². The molecule has 2 atom stereocenters. The molecule has 1 aromatic rings. The number of hydrogen-bond acceptors (Lipinski definition) is 3. The van der Waals surface area contributed by atoms with Gasteiger partial charge in [-0.15, -0.1) is 12.4 Å². The first kappa shape index (κ1) is 19.2. The van der Waals surface area contributed by atoms with Crippen molar-refractivity contribution < 1.29 is 9.13 Å². The molecule has 5 heteroatoms. The molecule has 0 bridgehead atoms. The molecule has 1 heterocycles. The van der Waals surface area contributed by atoms with Gasteiger partial charge in [0.2, 0.25) is 0 Å². The lowest BCUT2D eigenvalue weighted by Crippen LogP contribution is -2.46. The number of nitrogens with one attached hydrogen (secondary N) is 1. The Hall–Kier alpha value is -0.840. The average Bonchev–Trinajstić information content (AvgIpc) is 2.50. The summed E-state index contributed by atoms with van der Waals surface area (Å²) in [4.78, 5) is 2.42. The zero-order valence-electron chi connectivity index (χ0n) is 13.8. The Balaban J connectivity index is 0.00000242. The molecular weight excluding hydrogens is 303 g/mol. The molecule has 2 rings (SSSR count). The van der Waals surface area contributed by atoms with E-state index >= 15 is 0 Å². The van der Waals surface area contributed by atoms with E-state index in [2.05, 4.69) is 24.1 Å². The predicted molar refractivity (Wildman–Crippen MR) is 91.5 cm³/mol. The second kappa shape index (κ2) is 9.33. The van der Waals surface area contributed by atoms with E-state index in [-0.39, 0.29) is 24.3 Å². The Morgan fingerprint density at radius 3 is 2.55 bits per heavy atom. The van der Waals surface area contributed by atoms with Crippen molar-refractivity contribution in [1.29, 1.82) is 0 Å². The van der Waals surface area contributed by atoms with Crippen molar-refractivity contribution >= 4 is 12.4 Å². The topological polar surface area (TPSA) is 24.5 Å².